The zero-order chi connectivity index (χ0) is 28.4. The summed E-state index contributed by atoms with van der Waals surface area (Å²) in [6.45, 7) is 11.2. The predicted octanol–water partition coefficient (Wildman–Crippen LogP) is 9.89. The highest BCUT2D eigenvalue weighted by atomic mass is 19.1. The molecule has 0 saturated heterocycles. The number of allylic oxidation sites excluding steroid dienone is 1. The molecular formula is C36H43FO3. The number of aryl methyl sites for hydroxylation is 1. The smallest absolute Gasteiger partial charge is 0.131 e. The van der Waals surface area contributed by atoms with Crippen molar-refractivity contribution in [3.63, 3.8) is 0 Å². The summed E-state index contributed by atoms with van der Waals surface area (Å²) >= 11 is 0. The third-order valence-electron chi connectivity index (χ3n) is 9.18. The molecule has 0 bridgehead atoms. The van der Waals surface area contributed by atoms with Gasteiger partial charge in [0.05, 0.1) is 12.9 Å². The van der Waals surface area contributed by atoms with Crippen LogP contribution in [0.25, 0.3) is 11.1 Å². The van der Waals surface area contributed by atoms with Crippen LogP contribution in [0.4, 0.5) is 4.39 Å². The Morgan fingerprint density at radius 3 is 2.35 bits per heavy atom. The first-order valence-electron chi connectivity index (χ1n) is 14.7. The van der Waals surface area contributed by atoms with Crippen molar-refractivity contribution in [1.82, 2.24) is 0 Å². The summed E-state index contributed by atoms with van der Waals surface area (Å²) in [6, 6.07) is 17.7. The van der Waals surface area contributed by atoms with Crippen LogP contribution in [-0.4, -0.2) is 12.2 Å². The van der Waals surface area contributed by atoms with Gasteiger partial charge in [-0.3, -0.25) is 0 Å². The van der Waals surface area contributed by atoms with E-state index in [1.54, 1.807) is 13.2 Å². The summed E-state index contributed by atoms with van der Waals surface area (Å²) < 4.78 is 26.9. The van der Waals surface area contributed by atoms with Crippen molar-refractivity contribution < 1.29 is 19.0 Å². The highest BCUT2D eigenvalue weighted by Crippen LogP contribution is 2.46. The Bertz CT molecular complexity index is 1360. The average Bonchev–Trinajstić information content (AvgIpc) is 3.33. The zero-order valence-corrected chi connectivity index (χ0v) is 24.4. The topological polar surface area (TPSA) is 38.7 Å². The van der Waals surface area contributed by atoms with E-state index in [-0.39, 0.29) is 11.6 Å². The number of hydrogen-bond acceptors (Lipinski definition) is 3. The summed E-state index contributed by atoms with van der Waals surface area (Å²) in [6.07, 6.45) is 7.23. The first kappa shape index (κ1) is 28.3. The molecule has 2 aliphatic rings. The fraction of sp³-hybridized carbons (Fsp3) is 0.444. The quantitative estimate of drug-likeness (QED) is 0.288. The molecule has 3 aromatic carbocycles. The third kappa shape index (κ3) is 6.22. The molecule has 1 fully saturated rings. The van der Waals surface area contributed by atoms with Gasteiger partial charge in [0, 0.05) is 12.0 Å². The van der Waals surface area contributed by atoms with Crippen molar-refractivity contribution in [1.29, 1.82) is 0 Å². The lowest BCUT2D eigenvalue weighted by Crippen LogP contribution is -2.25. The Balaban J connectivity index is 1.41. The van der Waals surface area contributed by atoms with Gasteiger partial charge in [0.25, 0.3) is 0 Å². The maximum absolute atomic E-state index is 15.1. The van der Waals surface area contributed by atoms with Gasteiger partial charge in [0.1, 0.15) is 23.9 Å². The molecule has 3 aromatic rings. The van der Waals surface area contributed by atoms with Gasteiger partial charge in [-0.15, -0.1) is 0 Å². The van der Waals surface area contributed by atoms with Crippen molar-refractivity contribution in [3.8, 4) is 22.6 Å². The minimum atomic E-state index is -0.229. The number of ether oxygens (including phenoxy) is 2. The fourth-order valence-electron chi connectivity index (χ4n) is 6.81. The van der Waals surface area contributed by atoms with Gasteiger partial charge in [-0.1, -0.05) is 51.6 Å². The molecule has 212 valence electrons. The molecule has 1 atom stereocenters. The van der Waals surface area contributed by atoms with Crippen molar-refractivity contribution in [2.45, 2.75) is 84.2 Å². The molecule has 3 nitrogen and oxygen atoms in total. The molecule has 1 N–H and O–H groups in total. The van der Waals surface area contributed by atoms with E-state index in [9.17, 15) is 5.11 Å². The number of hydrogen-bond donors (Lipinski definition) is 1. The van der Waals surface area contributed by atoms with Crippen LogP contribution in [0.15, 0.2) is 66.9 Å². The van der Waals surface area contributed by atoms with Gasteiger partial charge in [-0.05, 0) is 120 Å². The number of aliphatic hydroxyl groups is 1. The molecule has 1 saturated carbocycles. The Morgan fingerprint density at radius 1 is 0.900 bits per heavy atom. The van der Waals surface area contributed by atoms with Crippen LogP contribution in [-0.2, 0) is 13.0 Å². The van der Waals surface area contributed by atoms with Gasteiger partial charge < -0.3 is 14.6 Å². The Hall–Kier alpha value is -3.27. The molecule has 4 heteroatoms. The maximum Gasteiger partial charge on any atom is 0.131 e. The number of methoxy groups -OCH3 is 1. The van der Waals surface area contributed by atoms with Crippen LogP contribution in [0.5, 0.6) is 11.5 Å². The average molecular weight is 543 g/mol. The molecule has 0 spiro atoms. The molecule has 0 aliphatic heterocycles. The molecule has 2 aliphatic carbocycles. The minimum absolute atomic E-state index is 0.229. The lowest BCUT2D eigenvalue weighted by atomic mass is 9.68. The number of benzene rings is 3. The normalized spacial score (nSPS) is 20.7. The minimum Gasteiger partial charge on any atom is -0.513 e. The van der Waals surface area contributed by atoms with Crippen molar-refractivity contribution >= 4 is 0 Å². The van der Waals surface area contributed by atoms with E-state index in [2.05, 4.69) is 57.7 Å². The van der Waals surface area contributed by atoms with E-state index < -0.39 is 0 Å². The standard InChI is InChI=1S/C36H43FO3/c1-23(38)18-27-8-7-25-11-14-30(21-32(25)27)40-22-24-6-16-31(34-20-29(39-5)15-17-35(34)37)33(19-24)26-9-12-28(13-10-26)36(2,3)4/h6,11,14-17,19-21,26-28,38H,1,7-10,12-13,18,22H2,2-5H3/t26?,27-,28?/m1/s1. The van der Waals surface area contributed by atoms with E-state index in [4.69, 9.17) is 9.47 Å². The summed E-state index contributed by atoms with van der Waals surface area (Å²) in [5.41, 5.74) is 6.72. The van der Waals surface area contributed by atoms with Crippen LogP contribution in [0.3, 0.4) is 0 Å². The zero-order valence-electron chi connectivity index (χ0n) is 24.4. The van der Waals surface area contributed by atoms with Crippen LogP contribution in [0.1, 0.15) is 93.4 Å². The van der Waals surface area contributed by atoms with Crippen molar-refractivity contribution in [3.05, 3.63) is 95.0 Å². The van der Waals surface area contributed by atoms with E-state index in [0.717, 1.165) is 42.6 Å². The lowest BCUT2D eigenvalue weighted by molar-refractivity contribution is 0.169. The first-order valence-corrected chi connectivity index (χ1v) is 14.7. The van der Waals surface area contributed by atoms with Gasteiger partial charge in [-0.25, -0.2) is 4.39 Å². The molecule has 0 radical (unpaired) electrons. The monoisotopic (exact) mass is 542 g/mol. The maximum atomic E-state index is 15.1. The number of halogens is 1. The molecule has 0 aromatic heterocycles. The molecule has 0 amide bonds. The van der Waals surface area contributed by atoms with Gasteiger partial charge in [0.15, 0.2) is 0 Å². The van der Waals surface area contributed by atoms with E-state index in [1.807, 2.05) is 12.1 Å². The van der Waals surface area contributed by atoms with Crippen LogP contribution in [0.2, 0.25) is 0 Å². The van der Waals surface area contributed by atoms with Gasteiger partial charge >= 0.3 is 0 Å². The molecule has 0 heterocycles. The van der Waals surface area contributed by atoms with Crippen LogP contribution in [0, 0.1) is 17.2 Å². The van der Waals surface area contributed by atoms with E-state index in [0.29, 0.717) is 47.5 Å². The third-order valence-corrected chi connectivity index (χ3v) is 9.18. The second kappa shape index (κ2) is 11.7. The van der Waals surface area contributed by atoms with Crippen LogP contribution < -0.4 is 9.47 Å². The first-order chi connectivity index (χ1) is 19.1. The molecule has 5 rings (SSSR count). The summed E-state index contributed by atoms with van der Waals surface area (Å²) in [5.74, 6) is 2.89. The van der Waals surface area contributed by atoms with E-state index >= 15 is 4.39 Å². The number of rotatable bonds is 8. The number of aliphatic hydroxyl groups excluding tert-OH is 1. The Morgan fingerprint density at radius 2 is 1.65 bits per heavy atom. The van der Waals surface area contributed by atoms with E-state index in [1.165, 1.54) is 35.6 Å². The van der Waals surface area contributed by atoms with Gasteiger partial charge in [-0.2, -0.15) is 0 Å². The fourth-order valence-corrected chi connectivity index (χ4v) is 6.81. The van der Waals surface area contributed by atoms with Gasteiger partial charge in [0.2, 0.25) is 0 Å². The largest absolute Gasteiger partial charge is 0.513 e. The second-order valence-electron chi connectivity index (χ2n) is 12.8. The second-order valence-corrected chi connectivity index (χ2v) is 12.8. The van der Waals surface area contributed by atoms with Crippen LogP contribution >= 0.6 is 0 Å². The van der Waals surface area contributed by atoms with Crippen molar-refractivity contribution in [2.75, 3.05) is 7.11 Å². The Labute approximate surface area is 239 Å². The lowest BCUT2D eigenvalue weighted by Gasteiger charge is -2.37. The molecule has 0 unspecified atom stereocenters. The summed E-state index contributed by atoms with van der Waals surface area (Å²) in [5, 5.41) is 9.74. The molecular weight excluding hydrogens is 499 g/mol. The molecule has 40 heavy (non-hydrogen) atoms. The highest BCUT2D eigenvalue weighted by Gasteiger charge is 2.31. The summed E-state index contributed by atoms with van der Waals surface area (Å²) in [4.78, 5) is 0. The Kier molecular flexibility index (Phi) is 8.26. The van der Waals surface area contributed by atoms with Crippen molar-refractivity contribution in [2.24, 2.45) is 11.3 Å². The predicted molar refractivity (Wildman–Crippen MR) is 161 cm³/mol. The number of fused-ring (bicyclic) bond motifs is 1. The summed E-state index contributed by atoms with van der Waals surface area (Å²) in [7, 11) is 1.62. The SMILES string of the molecule is C=C(O)C[C@H]1CCc2ccc(OCc3ccc(-c4cc(OC)ccc4F)c(C4CCC(C(C)(C)C)CC4)c3)cc21. The highest BCUT2D eigenvalue weighted by molar-refractivity contribution is 5.70.